The molecule has 0 aliphatic heterocycles. The summed E-state index contributed by atoms with van der Waals surface area (Å²) in [6.45, 7) is 0. The molecule has 0 aliphatic rings. The summed E-state index contributed by atoms with van der Waals surface area (Å²) in [4.78, 5) is 32.8. The summed E-state index contributed by atoms with van der Waals surface area (Å²) in [6, 6.07) is 14.4. The number of ketones is 1. The van der Waals surface area contributed by atoms with Crippen LogP contribution in [-0.2, 0) is 7.05 Å². The number of aromatic amines is 1. The van der Waals surface area contributed by atoms with Crippen molar-refractivity contribution in [3.63, 3.8) is 0 Å². The highest BCUT2D eigenvalue weighted by Gasteiger charge is 2.15. The van der Waals surface area contributed by atoms with E-state index in [1.54, 1.807) is 31.3 Å². The fourth-order valence-corrected chi connectivity index (χ4v) is 3.79. The SMILES string of the molecule is Cn1c(SCC(=O)c2ccc(Cl)cc2)nc2c([nH]c3ccccc32)c1=O. The fraction of sp³-hybridized carbons (Fsp3) is 0.105. The Labute approximate surface area is 158 Å². The Morgan fingerprint density at radius 2 is 1.92 bits per heavy atom. The van der Waals surface area contributed by atoms with Crippen molar-refractivity contribution >= 4 is 51.1 Å². The zero-order chi connectivity index (χ0) is 18.3. The molecule has 7 heteroatoms. The Balaban J connectivity index is 1.69. The first-order valence-electron chi connectivity index (χ1n) is 7.93. The van der Waals surface area contributed by atoms with Gasteiger partial charge in [0.1, 0.15) is 11.0 Å². The molecule has 0 saturated carbocycles. The minimum Gasteiger partial charge on any atom is -0.349 e. The summed E-state index contributed by atoms with van der Waals surface area (Å²) in [5.74, 6) is 0.149. The van der Waals surface area contributed by atoms with Crippen LogP contribution in [0.25, 0.3) is 21.9 Å². The Bertz CT molecular complexity index is 1200. The van der Waals surface area contributed by atoms with Gasteiger partial charge in [0.2, 0.25) is 0 Å². The Morgan fingerprint density at radius 1 is 1.19 bits per heavy atom. The number of carbonyl (C=O) groups is 1. The molecule has 0 atom stereocenters. The van der Waals surface area contributed by atoms with Crippen LogP contribution >= 0.6 is 23.4 Å². The number of benzene rings is 2. The highest BCUT2D eigenvalue weighted by molar-refractivity contribution is 7.99. The van der Waals surface area contributed by atoms with Crippen molar-refractivity contribution in [2.45, 2.75) is 5.16 Å². The van der Waals surface area contributed by atoms with E-state index in [4.69, 9.17) is 11.6 Å². The summed E-state index contributed by atoms with van der Waals surface area (Å²) in [7, 11) is 1.66. The van der Waals surface area contributed by atoms with E-state index in [0.717, 1.165) is 10.9 Å². The molecule has 4 aromatic rings. The molecule has 2 aromatic heterocycles. The van der Waals surface area contributed by atoms with Crippen molar-refractivity contribution in [3.8, 4) is 0 Å². The van der Waals surface area contributed by atoms with Crippen molar-refractivity contribution in [1.82, 2.24) is 14.5 Å². The molecule has 2 heterocycles. The number of aromatic nitrogens is 3. The third-order valence-corrected chi connectivity index (χ3v) is 5.47. The van der Waals surface area contributed by atoms with Crippen molar-refractivity contribution in [2.75, 3.05) is 5.75 Å². The summed E-state index contributed by atoms with van der Waals surface area (Å²) in [5, 5.41) is 1.99. The number of para-hydroxylation sites is 1. The van der Waals surface area contributed by atoms with Gasteiger partial charge in [-0.2, -0.15) is 0 Å². The molecule has 0 spiro atoms. The van der Waals surface area contributed by atoms with E-state index >= 15 is 0 Å². The molecule has 1 N–H and O–H groups in total. The lowest BCUT2D eigenvalue weighted by Gasteiger charge is -2.07. The molecule has 0 saturated heterocycles. The normalized spacial score (nSPS) is 11.3. The van der Waals surface area contributed by atoms with Gasteiger partial charge in [-0.25, -0.2) is 4.98 Å². The number of Topliss-reactive ketones (excluding diaryl/α,β-unsaturated/α-hetero) is 1. The molecule has 4 rings (SSSR count). The minimum absolute atomic E-state index is 0.0417. The van der Waals surface area contributed by atoms with E-state index in [2.05, 4.69) is 9.97 Å². The first-order valence-corrected chi connectivity index (χ1v) is 9.30. The molecule has 0 radical (unpaired) electrons. The topological polar surface area (TPSA) is 67.8 Å². The second-order valence-corrected chi connectivity index (χ2v) is 7.25. The molecule has 0 bridgehead atoms. The molecule has 2 aromatic carbocycles. The standard InChI is InChI=1S/C19H14ClN3O2S/c1-23-18(25)17-16(13-4-2-3-5-14(13)21-17)22-19(23)26-10-15(24)11-6-8-12(20)9-7-11/h2-9,21H,10H2,1H3. The summed E-state index contributed by atoms with van der Waals surface area (Å²) in [6.07, 6.45) is 0. The van der Waals surface area contributed by atoms with Crippen molar-refractivity contribution in [1.29, 1.82) is 0 Å². The van der Waals surface area contributed by atoms with E-state index in [-0.39, 0.29) is 17.1 Å². The van der Waals surface area contributed by atoms with Crippen LogP contribution in [0, 0.1) is 0 Å². The van der Waals surface area contributed by atoms with Crippen LogP contribution in [0.4, 0.5) is 0 Å². The number of carbonyl (C=O) groups excluding carboxylic acids is 1. The van der Waals surface area contributed by atoms with Gasteiger partial charge in [-0.1, -0.05) is 41.6 Å². The zero-order valence-electron chi connectivity index (χ0n) is 13.8. The number of hydrogen-bond acceptors (Lipinski definition) is 4. The molecular formula is C19H14ClN3O2S. The third-order valence-electron chi connectivity index (χ3n) is 4.19. The highest BCUT2D eigenvalue weighted by atomic mass is 35.5. The quantitative estimate of drug-likeness (QED) is 0.328. The lowest BCUT2D eigenvalue weighted by molar-refractivity contribution is 0.102. The number of rotatable bonds is 4. The number of fused-ring (bicyclic) bond motifs is 3. The van der Waals surface area contributed by atoms with Gasteiger partial charge in [0.25, 0.3) is 5.56 Å². The van der Waals surface area contributed by atoms with Crippen molar-refractivity contribution < 1.29 is 4.79 Å². The van der Waals surface area contributed by atoms with Crippen LogP contribution in [0.3, 0.4) is 0 Å². The van der Waals surface area contributed by atoms with Crippen molar-refractivity contribution in [2.24, 2.45) is 7.05 Å². The van der Waals surface area contributed by atoms with Gasteiger partial charge in [-0.3, -0.25) is 14.2 Å². The average molecular weight is 384 g/mol. The van der Waals surface area contributed by atoms with E-state index in [1.807, 2.05) is 24.3 Å². The first-order chi connectivity index (χ1) is 12.5. The van der Waals surface area contributed by atoms with E-state index in [9.17, 15) is 9.59 Å². The molecule has 0 fully saturated rings. The van der Waals surface area contributed by atoms with Crippen LogP contribution in [0.5, 0.6) is 0 Å². The summed E-state index contributed by atoms with van der Waals surface area (Å²) >= 11 is 7.10. The van der Waals surface area contributed by atoms with Crippen LogP contribution in [0.1, 0.15) is 10.4 Å². The van der Waals surface area contributed by atoms with Gasteiger partial charge in [-0.15, -0.1) is 0 Å². The van der Waals surface area contributed by atoms with E-state index in [1.165, 1.54) is 16.3 Å². The largest absolute Gasteiger partial charge is 0.349 e. The Morgan fingerprint density at radius 3 is 2.69 bits per heavy atom. The highest BCUT2D eigenvalue weighted by Crippen LogP contribution is 2.24. The molecule has 0 aliphatic carbocycles. The second-order valence-electron chi connectivity index (χ2n) is 5.87. The molecule has 130 valence electrons. The summed E-state index contributed by atoms with van der Waals surface area (Å²) in [5.41, 5.74) is 2.39. The van der Waals surface area contributed by atoms with Gasteiger partial charge in [-0.05, 0) is 30.3 Å². The predicted molar refractivity (Wildman–Crippen MR) is 105 cm³/mol. The van der Waals surface area contributed by atoms with E-state index in [0.29, 0.717) is 26.8 Å². The second kappa shape index (κ2) is 6.63. The number of H-pyrrole nitrogens is 1. The van der Waals surface area contributed by atoms with Gasteiger partial charge < -0.3 is 4.98 Å². The Kier molecular flexibility index (Phi) is 4.30. The van der Waals surface area contributed by atoms with Gasteiger partial charge in [0.15, 0.2) is 10.9 Å². The number of nitrogens with zero attached hydrogens (tertiary/aromatic N) is 2. The van der Waals surface area contributed by atoms with Crippen molar-refractivity contribution in [3.05, 3.63) is 69.5 Å². The molecule has 5 nitrogen and oxygen atoms in total. The lowest BCUT2D eigenvalue weighted by atomic mass is 10.1. The number of hydrogen-bond donors (Lipinski definition) is 1. The lowest BCUT2D eigenvalue weighted by Crippen LogP contribution is -2.20. The van der Waals surface area contributed by atoms with Gasteiger partial charge in [0.05, 0.1) is 5.75 Å². The molecular weight excluding hydrogens is 370 g/mol. The van der Waals surface area contributed by atoms with Crippen LogP contribution in [-0.4, -0.2) is 26.1 Å². The summed E-state index contributed by atoms with van der Waals surface area (Å²) < 4.78 is 1.47. The van der Waals surface area contributed by atoms with Gasteiger partial charge in [0, 0.05) is 28.5 Å². The predicted octanol–water partition coefficient (Wildman–Crippen LogP) is 4.04. The van der Waals surface area contributed by atoms with Crippen LogP contribution in [0.15, 0.2) is 58.5 Å². The van der Waals surface area contributed by atoms with Crippen LogP contribution in [0.2, 0.25) is 5.02 Å². The maximum Gasteiger partial charge on any atom is 0.278 e. The molecule has 0 unspecified atom stereocenters. The first kappa shape index (κ1) is 16.9. The molecule has 0 amide bonds. The monoisotopic (exact) mass is 383 g/mol. The minimum atomic E-state index is -0.160. The smallest absolute Gasteiger partial charge is 0.278 e. The van der Waals surface area contributed by atoms with Crippen LogP contribution < -0.4 is 5.56 Å². The molecule has 26 heavy (non-hydrogen) atoms. The average Bonchev–Trinajstić information content (AvgIpc) is 3.02. The van der Waals surface area contributed by atoms with E-state index < -0.39 is 0 Å². The maximum absolute atomic E-state index is 12.6. The number of halogens is 1. The number of thioether (sulfide) groups is 1. The Hall–Kier alpha value is -2.57. The number of nitrogens with one attached hydrogen (secondary N) is 1. The maximum atomic E-state index is 12.6. The fourth-order valence-electron chi connectivity index (χ4n) is 2.80. The zero-order valence-corrected chi connectivity index (χ0v) is 15.4. The third kappa shape index (κ3) is 2.91. The van der Waals surface area contributed by atoms with Gasteiger partial charge >= 0.3 is 0 Å².